The zero-order valence-electron chi connectivity index (χ0n) is 33.8. The second-order valence-corrected chi connectivity index (χ2v) is 15.2. The molecule has 0 atom stereocenters. The van der Waals surface area contributed by atoms with Crippen molar-refractivity contribution in [3.05, 3.63) is 142 Å². The summed E-state index contributed by atoms with van der Waals surface area (Å²) in [4.78, 5) is 57.2. The Hall–Kier alpha value is -4.66. The molecule has 4 aromatic rings. The third kappa shape index (κ3) is 21.8. The van der Waals surface area contributed by atoms with Crippen LogP contribution in [0.3, 0.4) is 0 Å². The molecule has 21 nitrogen and oxygen atoms in total. The van der Waals surface area contributed by atoms with E-state index in [1.807, 2.05) is 48.5 Å². The maximum atomic E-state index is 12.1. The second kappa shape index (κ2) is 27.6. The van der Waals surface area contributed by atoms with Crippen molar-refractivity contribution in [2.75, 3.05) is 52.4 Å². The van der Waals surface area contributed by atoms with Crippen LogP contribution >= 0.6 is 0 Å². The van der Waals surface area contributed by atoms with E-state index in [4.69, 9.17) is 37.3 Å². The number of hydrogen-bond donors (Lipinski definition) is 4. The van der Waals surface area contributed by atoms with Crippen LogP contribution in [-0.2, 0) is 43.2 Å². The number of carboxylic acids is 4. The smallest absolute Gasteiger partial charge is 0.478 e. The minimum absolute atomic E-state index is 0. The Kier molecular flexibility index (Phi) is 24.7. The topological polar surface area (TPSA) is 378 Å². The molecule has 1 fully saturated rings. The van der Waals surface area contributed by atoms with Gasteiger partial charge < -0.3 is 25.9 Å². The summed E-state index contributed by atoms with van der Waals surface area (Å²) in [6.45, 7) is 5.87. The van der Waals surface area contributed by atoms with E-state index in [1.165, 1.54) is 0 Å². The zero-order chi connectivity index (χ0) is 46.0. The van der Waals surface area contributed by atoms with Crippen molar-refractivity contribution in [3.8, 4) is 0 Å². The maximum absolute atomic E-state index is 12.1. The van der Waals surface area contributed by atoms with Gasteiger partial charge in [-0.1, -0.05) is 72.8 Å². The van der Waals surface area contributed by atoms with Crippen LogP contribution < -0.4 is 37.3 Å². The normalized spacial score (nSPS) is 14.6. The van der Waals surface area contributed by atoms with Gasteiger partial charge in [0.15, 0.2) is 0 Å². The summed E-state index contributed by atoms with van der Waals surface area (Å²) in [7, 11) is -9.89. The summed E-state index contributed by atoms with van der Waals surface area (Å²) < 4.78 is 67.9. The second-order valence-electron chi connectivity index (χ2n) is 13.7. The summed E-state index contributed by atoms with van der Waals surface area (Å²) in [6.07, 6.45) is 0. The molecule has 4 aromatic carbocycles. The average Bonchev–Trinajstić information content (AvgIpc) is 3.18. The van der Waals surface area contributed by atoms with E-state index >= 15 is 0 Å². The van der Waals surface area contributed by atoms with E-state index < -0.39 is 44.4 Å². The number of carboxylic acid groups (broad SMARTS) is 4. The number of carbonyl (C=O) groups is 4. The molecule has 1 aliphatic rings. The largest absolute Gasteiger partial charge is 2.00 e. The van der Waals surface area contributed by atoms with Crippen molar-refractivity contribution in [3.63, 3.8) is 0 Å². The number of benzene rings is 4. The van der Waals surface area contributed by atoms with Gasteiger partial charge >= 0.3 is 40.9 Å². The first-order valence-corrected chi connectivity index (χ1v) is 20.9. The first-order valence-electron chi connectivity index (χ1n) is 18.5. The van der Waals surface area contributed by atoms with Crippen LogP contribution in [0.5, 0.6) is 0 Å². The molecule has 0 bridgehead atoms. The van der Waals surface area contributed by atoms with Crippen LogP contribution in [-0.4, -0.2) is 122 Å². The SMILES string of the molecule is O.O=C(O)c1ccccc1CN1CCN(Cc2ccccc2C(=O)O)CCN(Cc2ccccc2C(=O)O)CCN(Cc2ccccc2C(=O)O)CC1.[Cu+2].[O-][Cl+3]([O-])([O-])[O-].[O-][Cl+3]([O-])([O-])[O-]. The fraction of sp³-hybridized carbons (Fsp3) is 0.300. The zero-order valence-corrected chi connectivity index (χ0v) is 36.2. The van der Waals surface area contributed by atoms with Crippen molar-refractivity contribution < 1.29 is 120 Å². The number of hydrogen-bond acceptors (Lipinski definition) is 16. The summed E-state index contributed by atoms with van der Waals surface area (Å²) in [5, 5.41) is 39.6. The van der Waals surface area contributed by atoms with Crippen LogP contribution in [0, 0.1) is 20.5 Å². The summed E-state index contributed by atoms with van der Waals surface area (Å²) in [5.74, 6) is -4.02. The minimum Gasteiger partial charge on any atom is -0.478 e. The molecular weight excluding hydrogens is 943 g/mol. The van der Waals surface area contributed by atoms with Gasteiger partial charge in [-0.15, -0.1) is 20.5 Å². The van der Waals surface area contributed by atoms with Crippen LogP contribution in [0.15, 0.2) is 97.1 Å². The first kappa shape index (κ1) is 57.4. The Bertz CT molecular complexity index is 1800. The molecule has 5 rings (SSSR count). The third-order valence-corrected chi connectivity index (χ3v) is 9.50. The van der Waals surface area contributed by atoms with Crippen LogP contribution in [0.4, 0.5) is 0 Å². The Labute approximate surface area is 382 Å². The van der Waals surface area contributed by atoms with E-state index in [9.17, 15) is 39.6 Å². The average molecular weight is 989 g/mol. The van der Waals surface area contributed by atoms with E-state index in [1.54, 1.807) is 48.5 Å². The predicted molar refractivity (Wildman–Crippen MR) is 198 cm³/mol. The first-order chi connectivity index (χ1) is 29.1. The van der Waals surface area contributed by atoms with Crippen molar-refractivity contribution in [2.24, 2.45) is 0 Å². The van der Waals surface area contributed by atoms with E-state index in [0.29, 0.717) is 101 Å². The third-order valence-electron chi connectivity index (χ3n) is 9.50. The van der Waals surface area contributed by atoms with E-state index in [2.05, 4.69) is 19.6 Å². The Morgan fingerprint density at radius 3 is 0.656 bits per heavy atom. The van der Waals surface area contributed by atoms with Gasteiger partial charge in [-0.05, 0) is 46.5 Å². The van der Waals surface area contributed by atoms with Crippen molar-refractivity contribution >= 4 is 23.9 Å². The molecule has 1 radical (unpaired) electrons. The van der Waals surface area contributed by atoms with Crippen LogP contribution in [0.1, 0.15) is 63.7 Å². The standard InChI is InChI=1S/C40H44N4O8.2ClHO4.Cu.H2O/c45-37(46)33-13-5-1-9-29(33)25-41-17-19-42(26-30-10-2-6-14-34(30)38(47)48)21-23-44(28-32-12-4-8-16-36(32)40(51)52)24-22-43(20-18-41)27-31-11-3-7-15-35(31)39(49)50;2*2-1(3,4)5;;/h1-16H,17-28H2,(H,45,46)(H,47,48)(H,49,50)(H,51,52);2*(H,2,3,4,5);;1H2/q;;;+2;/p-2. The Balaban J connectivity index is 0.00000154. The number of rotatable bonds is 12. The van der Waals surface area contributed by atoms with Gasteiger partial charge in [0.05, 0.1) is 22.3 Å². The van der Waals surface area contributed by atoms with Gasteiger partial charge in [-0.3, -0.25) is 19.6 Å². The molecule has 1 heterocycles. The van der Waals surface area contributed by atoms with Crippen molar-refractivity contribution in [1.82, 2.24) is 19.6 Å². The molecular formula is C40H46Cl2CuN4O17. The van der Waals surface area contributed by atoms with Crippen molar-refractivity contribution in [2.45, 2.75) is 26.2 Å². The van der Waals surface area contributed by atoms with Gasteiger partial charge in [0, 0.05) is 78.5 Å². The summed E-state index contributed by atoms with van der Waals surface area (Å²) in [5.41, 5.74) is 3.62. The van der Waals surface area contributed by atoms with Gasteiger partial charge in [0.25, 0.3) is 0 Å². The molecule has 353 valence electrons. The van der Waals surface area contributed by atoms with E-state index in [-0.39, 0.29) is 44.8 Å². The Morgan fingerprint density at radius 1 is 0.375 bits per heavy atom. The molecule has 6 N–H and O–H groups in total. The van der Waals surface area contributed by atoms with Gasteiger partial charge in [0.1, 0.15) is 0 Å². The number of nitrogens with zero attached hydrogens (tertiary/aromatic N) is 4. The maximum Gasteiger partial charge on any atom is 2.00 e. The summed E-state index contributed by atoms with van der Waals surface area (Å²) >= 11 is 0. The molecule has 0 unspecified atom stereocenters. The molecule has 0 saturated carbocycles. The van der Waals surface area contributed by atoms with E-state index in [0.717, 1.165) is 0 Å². The number of halogens is 2. The molecule has 0 aromatic heterocycles. The van der Waals surface area contributed by atoms with Gasteiger partial charge in [0.2, 0.25) is 0 Å². The van der Waals surface area contributed by atoms with Gasteiger partial charge in [-0.2, -0.15) is 0 Å². The fourth-order valence-corrected chi connectivity index (χ4v) is 6.64. The van der Waals surface area contributed by atoms with Crippen LogP contribution in [0.2, 0.25) is 0 Å². The van der Waals surface area contributed by atoms with Crippen molar-refractivity contribution in [1.29, 1.82) is 0 Å². The monoisotopic (exact) mass is 987 g/mol. The predicted octanol–water partition coefficient (Wildman–Crippen LogP) is -5.54. The minimum atomic E-state index is -4.94. The molecule has 0 aliphatic carbocycles. The molecule has 0 amide bonds. The van der Waals surface area contributed by atoms with Crippen LogP contribution in [0.25, 0.3) is 0 Å². The Morgan fingerprint density at radius 2 is 0.516 bits per heavy atom. The summed E-state index contributed by atoms with van der Waals surface area (Å²) in [6, 6.07) is 27.7. The van der Waals surface area contributed by atoms with Gasteiger partial charge in [-0.25, -0.2) is 56.5 Å². The molecule has 1 saturated heterocycles. The fourth-order valence-electron chi connectivity index (χ4n) is 6.64. The number of aromatic carboxylic acids is 4. The molecule has 1 aliphatic heterocycles. The quantitative estimate of drug-likeness (QED) is 0.0962. The molecule has 24 heteroatoms. The molecule has 0 spiro atoms. The molecule has 64 heavy (non-hydrogen) atoms.